The molecule has 4 nitrogen and oxygen atoms in total. The largest absolute Gasteiger partial charge is 0.297 e. The summed E-state index contributed by atoms with van der Waals surface area (Å²) in [6, 6.07) is 4.27. The Kier molecular flexibility index (Phi) is 3.91. The van der Waals surface area contributed by atoms with Gasteiger partial charge in [0.25, 0.3) is 0 Å². The van der Waals surface area contributed by atoms with Gasteiger partial charge < -0.3 is 0 Å². The summed E-state index contributed by atoms with van der Waals surface area (Å²) in [5, 5.41) is 7.24. The van der Waals surface area contributed by atoms with E-state index < -0.39 is 0 Å². The van der Waals surface area contributed by atoms with Crippen LogP contribution < -0.4 is 0 Å². The molecule has 96 valence electrons. The van der Waals surface area contributed by atoms with Crippen LogP contribution in [0.5, 0.6) is 0 Å². The van der Waals surface area contributed by atoms with E-state index in [-0.39, 0.29) is 0 Å². The van der Waals surface area contributed by atoms with Crippen molar-refractivity contribution in [1.82, 2.24) is 19.7 Å². The van der Waals surface area contributed by atoms with E-state index in [1.54, 1.807) is 6.20 Å². The molecule has 0 amide bonds. The third-order valence-corrected chi connectivity index (χ3v) is 3.43. The maximum atomic E-state index is 5.36. The second-order valence-corrected chi connectivity index (χ2v) is 5.07. The molecule has 18 heavy (non-hydrogen) atoms. The Morgan fingerprint density at radius 2 is 2.22 bits per heavy atom. The Bertz CT molecular complexity index is 556. The molecule has 0 aliphatic rings. The Hall–Kier alpha value is -1.49. The Morgan fingerprint density at radius 3 is 2.78 bits per heavy atom. The van der Waals surface area contributed by atoms with Crippen LogP contribution in [-0.2, 0) is 0 Å². The van der Waals surface area contributed by atoms with Gasteiger partial charge in [0, 0.05) is 24.0 Å². The lowest BCUT2D eigenvalue weighted by molar-refractivity contribution is 0.365. The van der Waals surface area contributed by atoms with Crippen molar-refractivity contribution in [1.29, 1.82) is 0 Å². The van der Waals surface area contributed by atoms with E-state index >= 15 is 0 Å². The molecule has 0 spiro atoms. The second kappa shape index (κ2) is 5.44. The molecule has 0 fully saturated rings. The fourth-order valence-corrected chi connectivity index (χ4v) is 2.53. The van der Waals surface area contributed by atoms with Crippen LogP contribution in [-0.4, -0.2) is 19.7 Å². The van der Waals surface area contributed by atoms with Gasteiger partial charge in [-0.2, -0.15) is 5.10 Å². The first-order valence-corrected chi connectivity index (χ1v) is 6.63. The van der Waals surface area contributed by atoms with Crippen LogP contribution in [0.3, 0.4) is 0 Å². The van der Waals surface area contributed by atoms with Gasteiger partial charge >= 0.3 is 0 Å². The SMILES string of the molecule is CCC(C(C)C)n1c(-c2cccnc2)n[nH]c1=S. The third kappa shape index (κ3) is 2.36. The lowest BCUT2D eigenvalue weighted by Crippen LogP contribution is -2.15. The lowest BCUT2D eigenvalue weighted by Gasteiger charge is -2.22. The third-order valence-electron chi connectivity index (χ3n) is 3.14. The smallest absolute Gasteiger partial charge is 0.195 e. The predicted octanol–water partition coefficient (Wildman–Crippen LogP) is 3.61. The summed E-state index contributed by atoms with van der Waals surface area (Å²) >= 11 is 5.36. The number of aromatic amines is 1. The molecule has 0 saturated heterocycles. The van der Waals surface area contributed by atoms with Gasteiger partial charge in [0.15, 0.2) is 10.6 Å². The zero-order chi connectivity index (χ0) is 13.1. The molecular formula is C13H18N4S. The van der Waals surface area contributed by atoms with Gasteiger partial charge in [-0.05, 0) is 36.7 Å². The summed E-state index contributed by atoms with van der Waals surface area (Å²) < 4.78 is 2.78. The number of nitrogens with zero attached hydrogens (tertiary/aromatic N) is 3. The molecule has 0 bridgehead atoms. The molecule has 0 saturated carbocycles. The van der Waals surface area contributed by atoms with Crippen LogP contribution in [0.4, 0.5) is 0 Å². The highest BCUT2D eigenvalue weighted by Crippen LogP contribution is 2.27. The summed E-state index contributed by atoms with van der Waals surface area (Å²) in [5.41, 5.74) is 0.990. The molecular weight excluding hydrogens is 244 g/mol. The van der Waals surface area contributed by atoms with E-state index in [1.165, 1.54) is 0 Å². The van der Waals surface area contributed by atoms with Crippen LogP contribution in [0.1, 0.15) is 33.2 Å². The molecule has 1 N–H and O–H groups in total. The van der Waals surface area contributed by atoms with E-state index in [9.17, 15) is 0 Å². The van der Waals surface area contributed by atoms with Crippen molar-refractivity contribution in [2.45, 2.75) is 33.2 Å². The average molecular weight is 262 g/mol. The number of aromatic nitrogens is 4. The molecule has 2 aromatic heterocycles. The molecule has 2 rings (SSSR count). The fourth-order valence-electron chi connectivity index (χ4n) is 2.26. The lowest BCUT2D eigenvalue weighted by atomic mass is 10.0. The minimum Gasteiger partial charge on any atom is -0.297 e. The molecule has 0 radical (unpaired) electrons. The van der Waals surface area contributed by atoms with Crippen molar-refractivity contribution in [3.63, 3.8) is 0 Å². The van der Waals surface area contributed by atoms with Gasteiger partial charge in [0.1, 0.15) is 0 Å². The quantitative estimate of drug-likeness (QED) is 0.856. The number of nitrogens with one attached hydrogen (secondary N) is 1. The van der Waals surface area contributed by atoms with Gasteiger partial charge in [-0.15, -0.1) is 0 Å². The number of H-pyrrole nitrogens is 1. The Labute approximate surface area is 112 Å². The van der Waals surface area contributed by atoms with Crippen molar-refractivity contribution in [3.05, 3.63) is 29.3 Å². The Balaban J connectivity index is 2.55. The van der Waals surface area contributed by atoms with Gasteiger partial charge in [-0.1, -0.05) is 20.8 Å². The predicted molar refractivity (Wildman–Crippen MR) is 74.8 cm³/mol. The number of rotatable bonds is 4. The minimum atomic E-state index is 0.353. The number of hydrogen-bond donors (Lipinski definition) is 1. The van der Waals surface area contributed by atoms with E-state index in [0.717, 1.165) is 17.8 Å². The number of hydrogen-bond acceptors (Lipinski definition) is 3. The van der Waals surface area contributed by atoms with E-state index in [0.29, 0.717) is 16.7 Å². The van der Waals surface area contributed by atoms with Crippen molar-refractivity contribution < 1.29 is 0 Å². The molecule has 1 unspecified atom stereocenters. The van der Waals surface area contributed by atoms with Crippen LogP contribution in [0.15, 0.2) is 24.5 Å². The molecule has 2 aromatic rings. The topological polar surface area (TPSA) is 46.5 Å². The van der Waals surface area contributed by atoms with Crippen molar-refractivity contribution in [3.8, 4) is 11.4 Å². The minimum absolute atomic E-state index is 0.353. The highest BCUT2D eigenvalue weighted by molar-refractivity contribution is 7.71. The van der Waals surface area contributed by atoms with E-state index in [4.69, 9.17) is 12.2 Å². The van der Waals surface area contributed by atoms with Crippen LogP contribution in [0, 0.1) is 10.7 Å². The van der Waals surface area contributed by atoms with Crippen LogP contribution in [0.2, 0.25) is 0 Å². The first-order chi connectivity index (χ1) is 8.65. The molecule has 1 atom stereocenters. The zero-order valence-corrected chi connectivity index (χ0v) is 11.7. The second-order valence-electron chi connectivity index (χ2n) is 4.68. The van der Waals surface area contributed by atoms with Crippen LogP contribution in [0.25, 0.3) is 11.4 Å². The molecule has 0 aliphatic carbocycles. The van der Waals surface area contributed by atoms with E-state index in [2.05, 4.69) is 40.5 Å². The number of pyridine rings is 1. The van der Waals surface area contributed by atoms with Gasteiger partial charge in [0.05, 0.1) is 0 Å². The average Bonchev–Trinajstić information content (AvgIpc) is 2.74. The maximum Gasteiger partial charge on any atom is 0.195 e. The zero-order valence-electron chi connectivity index (χ0n) is 10.9. The highest BCUT2D eigenvalue weighted by Gasteiger charge is 2.19. The normalized spacial score (nSPS) is 12.9. The summed E-state index contributed by atoms with van der Waals surface area (Å²) in [6.45, 7) is 6.58. The summed E-state index contributed by atoms with van der Waals surface area (Å²) in [7, 11) is 0. The van der Waals surface area contributed by atoms with Crippen molar-refractivity contribution in [2.24, 2.45) is 5.92 Å². The molecule has 2 heterocycles. The van der Waals surface area contributed by atoms with Gasteiger partial charge in [0.2, 0.25) is 0 Å². The monoisotopic (exact) mass is 262 g/mol. The summed E-state index contributed by atoms with van der Waals surface area (Å²) in [6.07, 6.45) is 4.60. The van der Waals surface area contributed by atoms with Crippen molar-refractivity contribution >= 4 is 12.2 Å². The summed E-state index contributed by atoms with van der Waals surface area (Å²) in [4.78, 5) is 4.14. The van der Waals surface area contributed by atoms with E-state index in [1.807, 2.05) is 18.3 Å². The highest BCUT2D eigenvalue weighted by atomic mass is 32.1. The molecule has 5 heteroatoms. The fraction of sp³-hybridized carbons (Fsp3) is 0.462. The van der Waals surface area contributed by atoms with Crippen molar-refractivity contribution in [2.75, 3.05) is 0 Å². The maximum absolute atomic E-state index is 5.36. The first kappa shape index (κ1) is 13.0. The van der Waals surface area contributed by atoms with Gasteiger partial charge in [-0.3, -0.25) is 14.6 Å². The molecule has 0 aromatic carbocycles. The molecule has 0 aliphatic heterocycles. The standard InChI is InChI=1S/C13H18N4S/c1-4-11(9(2)3)17-12(15-16-13(17)18)10-6-5-7-14-8-10/h5-9,11H,4H2,1-3H3,(H,16,18). The summed E-state index contributed by atoms with van der Waals surface area (Å²) in [5.74, 6) is 1.38. The Morgan fingerprint density at radius 1 is 1.44 bits per heavy atom. The van der Waals surface area contributed by atoms with Gasteiger partial charge in [-0.25, -0.2) is 0 Å². The van der Waals surface area contributed by atoms with Crippen LogP contribution >= 0.6 is 12.2 Å². The first-order valence-electron chi connectivity index (χ1n) is 6.22.